The highest BCUT2D eigenvalue weighted by molar-refractivity contribution is 5.75. The summed E-state index contributed by atoms with van der Waals surface area (Å²) in [7, 11) is 1.86. The monoisotopic (exact) mass is 210 g/mol. The Labute approximate surface area is 89.9 Å². The van der Waals surface area contributed by atoms with Gasteiger partial charge in [0.15, 0.2) is 0 Å². The number of hydrogen-bond acceptors (Lipinski definition) is 3. The molecule has 0 saturated heterocycles. The van der Waals surface area contributed by atoms with Crippen LogP contribution in [-0.4, -0.2) is 28.8 Å². The Morgan fingerprint density at radius 2 is 2.40 bits per heavy atom. The third-order valence-corrected chi connectivity index (χ3v) is 2.01. The van der Waals surface area contributed by atoms with Crippen molar-refractivity contribution < 1.29 is 4.79 Å². The molecule has 0 unspecified atom stereocenters. The van der Waals surface area contributed by atoms with Crippen LogP contribution in [0.15, 0.2) is 12.3 Å². The molecule has 0 bridgehead atoms. The molecule has 2 N–H and O–H groups in total. The van der Waals surface area contributed by atoms with Gasteiger partial charge in [-0.25, -0.2) is 0 Å². The van der Waals surface area contributed by atoms with Crippen LogP contribution in [0.2, 0.25) is 0 Å². The number of nitrogens with one attached hydrogen (secondary N) is 2. The predicted molar refractivity (Wildman–Crippen MR) is 58.2 cm³/mol. The minimum atomic E-state index is 0.0570. The van der Waals surface area contributed by atoms with Crippen molar-refractivity contribution in [1.29, 1.82) is 0 Å². The topological polar surface area (TPSA) is 59.0 Å². The number of hydrogen-bond donors (Lipinski definition) is 2. The molecule has 0 atom stereocenters. The van der Waals surface area contributed by atoms with Gasteiger partial charge in [0, 0.05) is 26.2 Å². The molecule has 0 spiro atoms. The average molecular weight is 210 g/mol. The first-order valence-corrected chi connectivity index (χ1v) is 5.18. The molecule has 1 aromatic rings. The van der Waals surface area contributed by atoms with E-state index in [-0.39, 0.29) is 5.91 Å². The summed E-state index contributed by atoms with van der Waals surface area (Å²) in [6, 6.07) is 1.89. The number of rotatable bonds is 6. The molecular weight excluding hydrogens is 192 g/mol. The SMILES string of the molecule is CCNCCC(=O)NCc1ccn(C)n1. The summed E-state index contributed by atoms with van der Waals surface area (Å²) < 4.78 is 1.72. The summed E-state index contributed by atoms with van der Waals surface area (Å²) in [6.07, 6.45) is 2.38. The van der Waals surface area contributed by atoms with Gasteiger partial charge in [0.25, 0.3) is 0 Å². The van der Waals surface area contributed by atoms with Crippen LogP contribution >= 0.6 is 0 Å². The van der Waals surface area contributed by atoms with Crippen LogP contribution in [0.25, 0.3) is 0 Å². The van der Waals surface area contributed by atoms with Gasteiger partial charge in [-0.05, 0) is 12.6 Å². The Kier molecular flexibility index (Phi) is 4.83. The Bertz CT molecular complexity index is 308. The molecule has 84 valence electrons. The number of amides is 1. The van der Waals surface area contributed by atoms with Crippen LogP contribution in [0.1, 0.15) is 19.0 Å². The molecule has 5 heteroatoms. The maximum atomic E-state index is 11.3. The van der Waals surface area contributed by atoms with E-state index in [1.54, 1.807) is 4.68 Å². The van der Waals surface area contributed by atoms with Gasteiger partial charge in [-0.2, -0.15) is 5.10 Å². The van der Waals surface area contributed by atoms with Crippen LogP contribution in [0.4, 0.5) is 0 Å². The van der Waals surface area contributed by atoms with Gasteiger partial charge in [-0.15, -0.1) is 0 Å². The summed E-state index contributed by atoms with van der Waals surface area (Å²) >= 11 is 0. The second-order valence-electron chi connectivity index (χ2n) is 3.36. The molecule has 1 amide bonds. The van der Waals surface area contributed by atoms with Gasteiger partial charge in [0.1, 0.15) is 0 Å². The minimum Gasteiger partial charge on any atom is -0.350 e. The van der Waals surface area contributed by atoms with Crippen molar-refractivity contribution in [3.05, 3.63) is 18.0 Å². The van der Waals surface area contributed by atoms with Gasteiger partial charge >= 0.3 is 0 Å². The van der Waals surface area contributed by atoms with Crippen molar-refractivity contribution in [3.8, 4) is 0 Å². The minimum absolute atomic E-state index is 0.0570. The van der Waals surface area contributed by atoms with E-state index in [1.165, 1.54) is 0 Å². The lowest BCUT2D eigenvalue weighted by Gasteiger charge is -2.03. The van der Waals surface area contributed by atoms with E-state index in [9.17, 15) is 4.79 Å². The molecular formula is C10H18N4O. The van der Waals surface area contributed by atoms with Crippen LogP contribution in [0.5, 0.6) is 0 Å². The Morgan fingerprint density at radius 3 is 3.00 bits per heavy atom. The molecule has 5 nitrogen and oxygen atoms in total. The first-order valence-electron chi connectivity index (χ1n) is 5.18. The summed E-state index contributed by atoms with van der Waals surface area (Å²) in [6.45, 7) is 4.15. The lowest BCUT2D eigenvalue weighted by Crippen LogP contribution is -2.27. The van der Waals surface area contributed by atoms with Crippen LogP contribution in [0.3, 0.4) is 0 Å². The zero-order chi connectivity index (χ0) is 11.1. The van der Waals surface area contributed by atoms with E-state index >= 15 is 0 Å². The number of carbonyl (C=O) groups excluding carboxylic acids is 1. The van der Waals surface area contributed by atoms with E-state index in [1.807, 2.05) is 26.2 Å². The van der Waals surface area contributed by atoms with Crippen LogP contribution in [-0.2, 0) is 18.4 Å². The maximum Gasteiger partial charge on any atom is 0.221 e. The molecule has 0 aliphatic rings. The summed E-state index contributed by atoms with van der Waals surface area (Å²) in [5.74, 6) is 0.0570. The summed E-state index contributed by atoms with van der Waals surface area (Å²) in [4.78, 5) is 11.3. The van der Waals surface area contributed by atoms with Crippen molar-refractivity contribution in [1.82, 2.24) is 20.4 Å². The maximum absolute atomic E-state index is 11.3. The molecule has 1 rings (SSSR count). The molecule has 0 aromatic carbocycles. The van der Waals surface area contributed by atoms with Gasteiger partial charge in [0.2, 0.25) is 5.91 Å². The van der Waals surface area contributed by atoms with E-state index in [2.05, 4.69) is 15.7 Å². The Balaban J connectivity index is 2.16. The first kappa shape index (κ1) is 11.7. The molecule has 1 heterocycles. The second-order valence-corrected chi connectivity index (χ2v) is 3.36. The Morgan fingerprint density at radius 1 is 1.60 bits per heavy atom. The largest absolute Gasteiger partial charge is 0.350 e. The highest BCUT2D eigenvalue weighted by Gasteiger charge is 2.01. The van der Waals surface area contributed by atoms with Crippen molar-refractivity contribution in [2.45, 2.75) is 19.9 Å². The molecule has 0 fully saturated rings. The van der Waals surface area contributed by atoms with E-state index in [4.69, 9.17) is 0 Å². The van der Waals surface area contributed by atoms with Crippen molar-refractivity contribution >= 4 is 5.91 Å². The summed E-state index contributed by atoms with van der Waals surface area (Å²) in [5.41, 5.74) is 0.884. The number of carbonyl (C=O) groups is 1. The molecule has 0 radical (unpaired) electrons. The third-order valence-electron chi connectivity index (χ3n) is 2.01. The first-order chi connectivity index (χ1) is 7.22. The van der Waals surface area contributed by atoms with Gasteiger partial charge in [0.05, 0.1) is 12.2 Å². The number of nitrogens with zero attached hydrogens (tertiary/aromatic N) is 2. The van der Waals surface area contributed by atoms with E-state index < -0.39 is 0 Å². The van der Waals surface area contributed by atoms with Gasteiger partial charge < -0.3 is 10.6 Å². The van der Waals surface area contributed by atoms with Gasteiger partial charge in [-0.1, -0.05) is 6.92 Å². The fourth-order valence-electron chi connectivity index (χ4n) is 1.21. The quantitative estimate of drug-likeness (QED) is 0.652. The highest BCUT2D eigenvalue weighted by Crippen LogP contribution is 1.92. The second kappa shape index (κ2) is 6.19. The number of aryl methyl sites for hydroxylation is 1. The zero-order valence-electron chi connectivity index (χ0n) is 9.29. The predicted octanol–water partition coefficient (Wildman–Crippen LogP) is 0.0359. The zero-order valence-corrected chi connectivity index (χ0v) is 9.29. The fourth-order valence-corrected chi connectivity index (χ4v) is 1.21. The van der Waals surface area contributed by atoms with Crippen LogP contribution in [0, 0.1) is 0 Å². The smallest absolute Gasteiger partial charge is 0.221 e. The fraction of sp³-hybridized carbons (Fsp3) is 0.600. The number of aromatic nitrogens is 2. The van der Waals surface area contributed by atoms with Crippen molar-refractivity contribution in [2.24, 2.45) is 7.05 Å². The molecule has 0 saturated carbocycles. The summed E-state index contributed by atoms with van der Waals surface area (Å²) in [5, 5.41) is 10.1. The normalized spacial score (nSPS) is 10.3. The van der Waals surface area contributed by atoms with Crippen molar-refractivity contribution in [2.75, 3.05) is 13.1 Å². The highest BCUT2D eigenvalue weighted by atomic mass is 16.1. The average Bonchev–Trinajstić information content (AvgIpc) is 2.62. The van der Waals surface area contributed by atoms with Crippen LogP contribution < -0.4 is 10.6 Å². The van der Waals surface area contributed by atoms with E-state index in [0.717, 1.165) is 18.8 Å². The standard InChI is InChI=1S/C10H18N4O/c1-3-11-6-4-10(15)12-8-9-5-7-14(2)13-9/h5,7,11H,3-4,6,8H2,1-2H3,(H,12,15). The Hall–Kier alpha value is -1.36. The molecule has 15 heavy (non-hydrogen) atoms. The lowest BCUT2D eigenvalue weighted by molar-refractivity contribution is -0.121. The lowest BCUT2D eigenvalue weighted by atomic mass is 10.3. The van der Waals surface area contributed by atoms with Crippen molar-refractivity contribution in [3.63, 3.8) is 0 Å². The third kappa shape index (κ3) is 4.60. The molecule has 1 aromatic heterocycles. The molecule has 0 aliphatic carbocycles. The van der Waals surface area contributed by atoms with Gasteiger partial charge in [-0.3, -0.25) is 9.48 Å². The molecule has 0 aliphatic heterocycles. The van der Waals surface area contributed by atoms with E-state index in [0.29, 0.717) is 13.0 Å².